The van der Waals surface area contributed by atoms with Crippen LogP contribution in [0.25, 0.3) is 0 Å². The van der Waals surface area contributed by atoms with Crippen LogP contribution >= 0.6 is 0 Å². The van der Waals surface area contributed by atoms with Gasteiger partial charge in [-0.05, 0) is 44.4 Å². The lowest BCUT2D eigenvalue weighted by Crippen LogP contribution is -2.33. The van der Waals surface area contributed by atoms with Gasteiger partial charge in [0.25, 0.3) is 0 Å². The van der Waals surface area contributed by atoms with Gasteiger partial charge in [0.1, 0.15) is 6.10 Å². The minimum Gasteiger partial charge on any atom is -0.481 e. The molecule has 0 aromatic heterocycles. The van der Waals surface area contributed by atoms with Crippen molar-refractivity contribution in [1.82, 2.24) is 0 Å². The predicted octanol–water partition coefficient (Wildman–Crippen LogP) is 9.26. The van der Waals surface area contributed by atoms with Crippen molar-refractivity contribution in [3.8, 4) is 0 Å². The highest BCUT2D eigenvalue weighted by Crippen LogP contribution is 2.28. The van der Waals surface area contributed by atoms with Gasteiger partial charge in [-0.25, -0.2) is 0 Å². The molecular weight excluding hydrogens is 436 g/mol. The van der Waals surface area contributed by atoms with E-state index in [-0.39, 0.29) is 12.1 Å². The zero-order chi connectivity index (χ0) is 25.7. The van der Waals surface area contributed by atoms with Crippen LogP contribution in [0.1, 0.15) is 149 Å². The van der Waals surface area contributed by atoms with Gasteiger partial charge in [-0.15, -0.1) is 0 Å². The number of rotatable bonds is 22. The molecule has 1 aliphatic rings. The van der Waals surface area contributed by atoms with Gasteiger partial charge >= 0.3 is 11.9 Å². The van der Waals surface area contributed by atoms with Crippen LogP contribution in [-0.2, 0) is 14.3 Å². The molecule has 1 rings (SSSR count). The Morgan fingerprint density at radius 2 is 1.29 bits per heavy atom. The summed E-state index contributed by atoms with van der Waals surface area (Å²) >= 11 is 0. The lowest BCUT2D eigenvalue weighted by atomic mass is 9.84. The number of ether oxygens (including phenoxy) is 1. The lowest BCUT2D eigenvalue weighted by molar-refractivity contribution is -0.160. The van der Waals surface area contributed by atoms with E-state index in [1.165, 1.54) is 89.9 Å². The number of allylic oxidation sites excluding steroid dienone is 1. The van der Waals surface area contributed by atoms with E-state index >= 15 is 0 Å². The van der Waals surface area contributed by atoms with Crippen LogP contribution in [0.15, 0.2) is 12.2 Å². The first-order valence-electron chi connectivity index (χ1n) is 15.1. The molecule has 0 radical (unpaired) electrons. The molecule has 3 atom stereocenters. The average Bonchev–Trinajstić information content (AvgIpc) is 2.84. The van der Waals surface area contributed by atoms with Crippen molar-refractivity contribution in [3.63, 3.8) is 0 Å². The molecule has 0 aromatic rings. The fraction of sp³-hybridized carbons (Fsp3) is 0.871. The average molecular weight is 493 g/mol. The molecule has 4 nitrogen and oxygen atoms in total. The first-order chi connectivity index (χ1) is 17.0. The van der Waals surface area contributed by atoms with Crippen LogP contribution in [0, 0.1) is 17.8 Å². The number of carbonyl (C=O) groups excluding carboxylic acids is 1. The fourth-order valence-corrected chi connectivity index (χ4v) is 5.17. The van der Waals surface area contributed by atoms with E-state index in [9.17, 15) is 14.7 Å². The summed E-state index contributed by atoms with van der Waals surface area (Å²) in [5.74, 6) is -1.71. The summed E-state index contributed by atoms with van der Waals surface area (Å²) in [7, 11) is 0. The van der Waals surface area contributed by atoms with Crippen molar-refractivity contribution in [2.45, 2.75) is 155 Å². The highest BCUT2D eigenvalue weighted by molar-refractivity contribution is 5.83. The Morgan fingerprint density at radius 1 is 0.800 bits per heavy atom. The molecule has 0 saturated carbocycles. The van der Waals surface area contributed by atoms with Gasteiger partial charge in [0.2, 0.25) is 0 Å². The smallest absolute Gasteiger partial charge is 0.313 e. The quantitative estimate of drug-likeness (QED) is 0.0929. The summed E-state index contributed by atoms with van der Waals surface area (Å²) in [5, 5.41) is 9.53. The Morgan fingerprint density at radius 3 is 1.77 bits per heavy atom. The Balaban J connectivity index is 2.39. The molecule has 0 heterocycles. The lowest BCUT2D eigenvalue weighted by Gasteiger charge is -2.26. The highest BCUT2D eigenvalue weighted by atomic mass is 16.5. The van der Waals surface area contributed by atoms with Crippen LogP contribution in [0.3, 0.4) is 0 Å². The highest BCUT2D eigenvalue weighted by Gasteiger charge is 2.35. The number of hydrogen-bond donors (Lipinski definition) is 1. The van der Waals surface area contributed by atoms with Crippen molar-refractivity contribution >= 4 is 11.9 Å². The summed E-state index contributed by atoms with van der Waals surface area (Å²) < 4.78 is 5.96. The first kappa shape index (κ1) is 31.7. The topological polar surface area (TPSA) is 63.6 Å². The molecule has 3 unspecified atom stereocenters. The van der Waals surface area contributed by atoms with E-state index in [0.717, 1.165) is 38.0 Å². The standard InChI is InChI=1S/C31H56O4/c1-4-5-6-7-8-9-10-11-14-17-22-27(23-18-15-12-13-16-21-26(2)3)35-31(34)29-25-20-19-24-28(29)30(32)33/h20,25-29H,4-19,21-24H2,1-3H3,(H,32,33). The normalized spacial score (nSPS) is 18.6. The number of aliphatic carboxylic acids is 1. The van der Waals surface area contributed by atoms with E-state index in [4.69, 9.17) is 4.74 Å². The van der Waals surface area contributed by atoms with E-state index < -0.39 is 17.8 Å². The summed E-state index contributed by atoms with van der Waals surface area (Å²) in [6.45, 7) is 6.82. The summed E-state index contributed by atoms with van der Waals surface area (Å²) in [4.78, 5) is 24.5. The number of unbranched alkanes of at least 4 members (excludes halogenated alkanes) is 13. The third-order valence-electron chi connectivity index (χ3n) is 7.48. The van der Waals surface area contributed by atoms with E-state index in [2.05, 4.69) is 20.8 Å². The zero-order valence-corrected chi connectivity index (χ0v) is 23.3. The van der Waals surface area contributed by atoms with E-state index in [0.29, 0.717) is 6.42 Å². The van der Waals surface area contributed by atoms with Crippen molar-refractivity contribution in [3.05, 3.63) is 12.2 Å². The molecule has 4 heteroatoms. The maximum Gasteiger partial charge on any atom is 0.313 e. The Hall–Kier alpha value is -1.32. The maximum absolute atomic E-state index is 12.9. The fourth-order valence-electron chi connectivity index (χ4n) is 5.17. The van der Waals surface area contributed by atoms with Gasteiger partial charge in [0.05, 0.1) is 11.8 Å². The molecule has 0 fully saturated rings. The summed E-state index contributed by atoms with van der Waals surface area (Å²) in [6.07, 6.45) is 27.0. The van der Waals surface area contributed by atoms with Crippen molar-refractivity contribution in [2.75, 3.05) is 0 Å². The Labute approximate surface area is 216 Å². The molecule has 35 heavy (non-hydrogen) atoms. The van der Waals surface area contributed by atoms with Gasteiger partial charge in [-0.3, -0.25) is 9.59 Å². The van der Waals surface area contributed by atoms with Crippen LogP contribution in [0.4, 0.5) is 0 Å². The molecule has 1 N–H and O–H groups in total. The van der Waals surface area contributed by atoms with Crippen molar-refractivity contribution in [1.29, 1.82) is 0 Å². The maximum atomic E-state index is 12.9. The second-order valence-electron chi connectivity index (χ2n) is 11.2. The number of carbonyl (C=O) groups is 2. The van der Waals surface area contributed by atoms with Crippen LogP contribution in [0.2, 0.25) is 0 Å². The SMILES string of the molecule is CCCCCCCCCCCCC(CCCCCCCC(C)C)OC(=O)C1C=CCCC1C(=O)O. The van der Waals surface area contributed by atoms with Crippen LogP contribution in [-0.4, -0.2) is 23.1 Å². The summed E-state index contributed by atoms with van der Waals surface area (Å²) in [6, 6.07) is 0. The minimum absolute atomic E-state index is 0.0722. The first-order valence-corrected chi connectivity index (χ1v) is 15.1. The third kappa shape index (κ3) is 16.1. The molecule has 1 aliphatic carbocycles. The van der Waals surface area contributed by atoms with E-state index in [1.807, 2.05) is 6.08 Å². The van der Waals surface area contributed by atoms with Crippen LogP contribution in [0.5, 0.6) is 0 Å². The number of esters is 1. The molecule has 204 valence electrons. The molecule has 0 saturated heterocycles. The van der Waals surface area contributed by atoms with Gasteiger partial charge in [-0.2, -0.15) is 0 Å². The Kier molecular flexibility index (Phi) is 18.9. The van der Waals surface area contributed by atoms with Crippen molar-refractivity contribution in [2.24, 2.45) is 17.8 Å². The van der Waals surface area contributed by atoms with Crippen molar-refractivity contribution < 1.29 is 19.4 Å². The van der Waals surface area contributed by atoms with Gasteiger partial charge < -0.3 is 9.84 Å². The molecule has 0 aliphatic heterocycles. The third-order valence-corrected chi connectivity index (χ3v) is 7.48. The second kappa shape index (κ2) is 20.8. The van der Waals surface area contributed by atoms with Gasteiger partial charge in [-0.1, -0.05) is 123 Å². The predicted molar refractivity (Wildman–Crippen MR) is 146 cm³/mol. The van der Waals surface area contributed by atoms with Crippen LogP contribution < -0.4 is 0 Å². The minimum atomic E-state index is -0.885. The van der Waals surface area contributed by atoms with E-state index in [1.54, 1.807) is 6.08 Å². The largest absolute Gasteiger partial charge is 0.481 e. The second-order valence-corrected chi connectivity index (χ2v) is 11.2. The molecule has 0 amide bonds. The molecule has 0 aromatic carbocycles. The number of hydrogen-bond acceptors (Lipinski definition) is 3. The van der Waals surface area contributed by atoms with Gasteiger partial charge in [0, 0.05) is 0 Å². The number of carboxylic acids is 1. The molecule has 0 bridgehead atoms. The monoisotopic (exact) mass is 492 g/mol. The summed E-state index contributed by atoms with van der Waals surface area (Å²) in [5.41, 5.74) is 0. The Bertz CT molecular complexity index is 568. The molecular formula is C31H56O4. The van der Waals surface area contributed by atoms with Gasteiger partial charge in [0.15, 0.2) is 0 Å². The zero-order valence-electron chi connectivity index (χ0n) is 23.3. The molecule has 0 spiro atoms. The number of carboxylic acid groups (broad SMARTS) is 1.